The van der Waals surface area contributed by atoms with E-state index < -0.39 is 0 Å². The third-order valence-corrected chi connectivity index (χ3v) is 5.46. The SMILES string of the molecule is O=C(CSc1nnc(-c2ccccc2)n1-c1ccccc1)NN=C1CCCC1. The van der Waals surface area contributed by atoms with E-state index in [2.05, 4.69) is 20.7 Å². The Kier molecular flexibility index (Phi) is 5.82. The molecule has 0 saturated heterocycles. The fourth-order valence-corrected chi connectivity index (χ4v) is 3.89. The van der Waals surface area contributed by atoms with Crippen molar-refractivity contribution < 1.29 is 4.79 Å². The standard InChI is InChI=1S/C21H21N5OS/c27-19(23-22-17-11-7-8-12-17)15-28-21-25-24-20(16-9-3-1-4-10-16)26(21)18-13-5-2-6-14-18/h1-6,9-10,13-14H,7-8,11-12,15H2,(H,23,27). The van der Waals surface area contributed by atoms with Gasteiger partial charge in [-0.2, -0.15) is 5.10 Å². The predicted octanol–water partition coefficient (Wildman–Crippen LogP) is 4.07. The predicted molar refractivity (Wildman–Crippen MR) is 112 cm³/mol. The molecule has 1 N–H and O–H groups in total. The lowest BCUT2D eigenvalue weighted by Crippen LogP contribution is -2.21. The molecular weight excluding hydrogens is 370 g/mol. The maximum atomic E-state index is 12.2. The molecule has 0 unspecified atom stereocenters. The van der Waals surface area contributed by atoms with Crippen LogP contribution in [0.4, 0.5) is 0 Å². The van der Waals surface area contributed by atoms with Gasteiger partial charge in [0.05, 0.1) is 5.75 Å². The van der Waals surface area contributed by atoms with Crippen molar-refractivity contribution in [3.63, 3.8) is 0 Å². The quantitative estimate of drug-likeness (QED) is 0.508. The molecule has 1 aliphatic carbocycles. The Labute approximate surface area is 168 Å². The number of thioether (sulfide) groups is 1. The Bertz CT molecular complexity index is 961. The van der Waals surface area contributed by atoms with E-state index in [1.165, 1.54) is 11.8 Å². The van der Waals surface area contributed by atoms with Crippen molar-refractivity contribution in [2.45, 2.75) is 30.8 Å². The molecule has 0 aliphatic heterocycles. The van der Waals surface area contributed by atoms with Crippen LogP contribution in [0.2, 0.25) is 0 Å². The minimum atomic E-state index is -0.131. The Morgan fingerprint density at radius 1 is 1.00 bits per heavy atom. The number of hydrogen-bond donors (Lipinski definition) is 1. The van der Waals surface area contributed by atoms with Gasteiger partial charge in [0.2, 0.25) is 0 Å². The molecule has 3 aromatic rings. The summed E-state index contributed by atoms with van der Waals surface area (Å²) >= 11 is 1.36. The monoisotopic (exact) mass is 391 g/mol. The molecule has 1 aromatic heterocycles. The molecule has 6 nitrogen and oxygen atoms in total. The van der Waals surface area contributed by atoms with E-state index in [0.717, 1.165) is 48.5 Å². The highest BCUT2D eigenvalue weighted by molar-refractivity contribution is 7.99. The van der Waals surface area contributed by atoms with E-state index in [1.54, 1.807) is 0 Å². The van der Waals surface area contributed by atoms with Gasteiger partial charge in [0, 0.05) is 17.0 Å². The lowest BCUT2D eigenvalue weighted by molar-refractivity contribution is -0.118. The Balaban J connectivity index is 1.54. The summed E-state index contributed by atoms with van der Waals surface area (Å²) in [6.45, 7) is 0. The fourth-order valence-electron chi connectivity index (χ4n) is 3.15. The summed E-state index contributed by atoms with van der Waals surface area (Å²) in [5.41, 5.74) is 5.68. The highest BCUT2D eigenvalue weighted by Gasteiger charge is 2.17. The van der Waals surface area contributed by atoms with Gasteiger partial charge in [0.25, 0.3) is 5.91 Å². The molecule has 1 saturated carbocycles. The number of hydrazone groups is 1. The number of carbonyl (C=O) groups excluding carboxylic acids is 1. The molecule has 2 aromatic carbocycles. The maximum Gasteiger partial charge on any atom is 0.250 e. The van der Waals surface area contributed by atoms with E-state index in [9.17, 15) is 4.79 Å². The lowest BCUT2D eigenvalue weighted by Gasteiger charge is -2.10. The van der Waals surface area contributed by atoms with Crippen molar-refractivity contribution in [1.82, 2.24) is 20.2 Å². The summed E-state index contributed by atoms with van der Waals surface area (Å²) in [4.78, 5) is 12.2. The molecule has 7 heteroatoms. The van der Waals surface area contributed by atoms with E-state index in [1.807, 2.05) is 65.2 Å². The minimum Gasteiger partial charge on any atom is -0.272 e. The van der Waals surface area contributed by atoms with Crippen LogP contribution in [-0.4, -0.2) is 32.1 Å². The number of amides is 1. The largest absolute Gasteiger partial charge is 0.272 e. The van der Waals surface area contributed by atoms with Crippen LogP contribution in [0.5, 0.6) is 0 Å². The van der Waals surface area contributed by atoms with Crippen molar-refractivity contribution >= 4 is 23.4 Å². The Hall–Kier alpha value is -2.93. The van der Waals surface area contributed by atoms with E-state index in [4.69, 9.17) is 0 Å². The van der Waals surface area contributed by atoms with Crippen molar-refractivity contribution in [3.8, 4) is 17.1 Å². The van der Waals surface area contributed by atoms with Crippen LogP contribution in [0.15, 0.2) is 70.9 Å². The van der Waals surface area contributed by atoms with Gasteiger partial charge < -0.3 is 0 Å². The highest BCUT2D eigenvalue weighted by Crippen LogP contribution is 2.27. The summed E-state index contributed by atoms with van der Waals surface area (Å²) in [5.74, 6) is 0.852. The normalized spacial score (nSPS) is 13.5. The Morgan fingerprint density at radius 2 is 1.68 bits per heavy atom. The van der Waals surface area contributed by atoms with Crippen molar-refractivity contribution in [2.24, 2.45) is 5.10 Å². The molecule has 0 bridgehead atoms. The zero-order chi connectivity index (χ0) is 19.2. The number of para-hydroxylation sites is 1. The van der Waals surface area contributed by atoms with Crippen LogP contribution < -0.4 is 5.43 Å². The molecule has 0 atom stereocenters. The highest BCUT2D eigenvalue weighted by atomic mass is 32.2. The number of carbonyl (C=O) groups is 1. The van der Waals surface area contributed by atoms with Crippen LogP contribution in [0.25, 0.3) is 17.1 Å². The van der Waals surface area contributed by atoms with Crippen LogP contribution >= 0.6 is 11.8 Å². The molecule has 1 aliphatic rings. The summed E-state index contributed by atoms with van der Waals surface area (Å²) in [7, 11) is 0. The van der Waals surface area contributed by atoms with Crippen LogP contribution in [-0.2, 0) is 4.79 Å². The first-order chi connectivity index (χ1) is 13.8. The fraction of sp³-hybridized carbons (Fsp3) is 0.238. The maximum absolute atomic E-state index is 12.2. The molecule has 1 fully saturated rings. The summed E-state index contributed by atoms with van der Waals surface area (Å²) < 4.78 is 1.98. The number of benzene rings is 2. The second kappa shape index (κ2) is 8.84. The van der Waals surface area contributed by atoms with Gasteiger partial charge in [-0.15, -0.1) is 10.2 Å². The van der Waals surface area contributed by atoms with Gasteiger partial charge in [0.1, 0.15) is 0 Å². The van der Waals surface area contributed by atoms with Gasteiger partial charge in [-0.1, -0.05) is 60.3 Å². The van der Waals surface area contributed by atoms with Crippen molar-refractivity contribution in [2.75, 3.05) is 5.75 Å². The zero-order valence-electron chi connectivity index (χ0n) is 15.4. The number of hydrogen-bond acceptors (Lipinski definition) is 5. The van der Waals surface area contributed by atoms with Crippen molar-refractivity contribution in [1.29, 1.82) is 0 Å². The molecular formula is C21H21N5OS. The van der Waals surface area contributed by atoms with E-state index in [-0.39, 0.29) is 11.7 Å². The summed E-state index contributed by atoms with van der Waals surface area (Å²) in [6, 6.07) is 19.9. The second-order valence-corrected chi connectivity index (χ2v) is 7.49. The molecule has 0 spiro atoms. The number of nitrogens with one attached hydrogen (secondary N) is 1. The molecule has 1 heterocycles. The first kappa shape index (κ1) is 18.4. The van der Waals surface area contributed by atoms with Gasteiger partial charge in [0.15, 0.2) is 11.0 Å². The van der Waals surface area contributed by atoms with Crippen LogP contribution in [0, 0.1) is 0 Å². The third-order valence-electron chi connectivity index (χ3n) is 4.53. The second-order valence-electron chi connectivity index (χ2n) is 6.55. The van der Waals surface area contributed by atoms with Gasteiger partial charge in [-0.25, -0.2) is 5.43 Å². The smallest absolute Gasteiger partial charge is 0.250 e. The lowest BCUT2D eigenvalue weighted by atomic mass is 10.2. The van der Waals surface area contributed by atoms with Gasteiger partial charge in [-0.3, -0.25) is 9.36 Å². The number of aromatic nitrogens is 3. The molecule has 28 heavy (non-hydrogen) atoms. The van der Waals surface area contributed by atoms with E-state index in [0.29, 0.717) is 5.16 Å². The van der Waals surface area contributed by atoms with E-state index >= 15 is 0 Å². The summed E-state index contributed by atoms with van der Waals surface area (Å²) in [5, 5.41) is 13.6. The average molecular weight is 392 g/mol. The van der Waals surface area contributed by atoms with Crippen LogP contribution in [0.3, 0.4) is 0 Å². The average Bonchev–Trinajstić information content (AvgIpc) is 3.42. The van der Waals surface area contributed by atoms with Crippen molar-refractivity contribution in [3.05, 3.63) is 60.7 Å². The third kappa shape index (κ3) is 4.31. The Morgan fingerprint density at radius 3 is 2.39 bits per heavy atom. The zero-order valence-corrected chi connectivity index (χ0v) is 16.2. The number of rotatable bonds is 6. The molecule has 1 amide bonds. The van der Waals surface area contributed by atoms with Gasteiger partial charge in [-0.05, 0) is 37.8 Å². The van der Waals surface area contributed by atoms with Crippen LogP contribution in [0.1, 0.15) is 25.7 Å². The first-order valence-corrected chi connectivity index (χ1v) is 10.3. The van der Waals surface area contributed by atoms with Gasteiger partial charge >= 0.3 is 0 Å². The molecule has 142 valence electrons. The molecule has 4 rings (SSSR count). The minimum absolute atomic E-state index is 0.131. The topological polar surface area (TPSA) is 72.2 Å². The first-order valence-electron chi connectivity index (χ1n) is 9.34. The molecule has 0 radical (unpaired) electrons. The summed E-state index contributed by atoms with van der Waals surface area (Å²) in [6.07, 6.45) is 4.28. The number of nitrogens with zero attached hydrogens (tertiary/aromatic N) is 4.